The lowest BCUT2D eigenvalue weighted by Crippen LogP contribution is -2.47. The molecule has 0 N–H and O–H groups in total. The van der Waals surface area contributed by atoms with Crippen LogP contribution in [0.3, 0.4) is 0 Å². The van der Waals surface area contributed by atoms with E-state index in [2.05, 4.69) is 29.8 Å². The molecule has 10 heteroatoms. The van der Waals surface area contributed by atoms with Crippen LogP contribution in [-0.4, -0.2) is 47.3 Å². The van der Waals surface area contributed by atoms with Gasteiger partial charge in [-0.2, -0.15) is 0 Å². The van der Waals surface area contributed by atoms with Crippen molar-refractivity contribution >= 4 is 37.5 Å². The van der Waals surface area contributed by atoms with Crippen molar-refractivity contribution in [2.75, 3.05) is 12.9 Å². The fraction of sp³-hybridized carbons (Fsp3) is 0.650. The van der Waals surface area contributed by atoms with Crippen molar-refractivity contribution in [3.8, 4) is 0 Å². The average molecular weight is 501 g/mol. The lowest BCUT2D eigenvalue weighted by molar-refractivity contribution is -0.384. The van der Waals surface area contributed by atoms with Crippen molar-refractivity contribution in [1.29, 1.82) is 0 Å². The SMILES string of the molecule is CO[C@H](c1ccc([N+](=O)[O-])cc1)[C@@H](Br)C(=O)N1[C@@H]2C[C@H]3CC[C@]2(CS1(=O)=O)C3(C)C. The molecule has 1 aromatic carbocycles. The molecule has 1 aliphatic heterocycles. The van der Waals surface area contributed by atoms with E-state index in [1.165, 1.54) is 31.4 Å². The molecule has 5 atom stereocenters. The Kier molecular flexibility index (Phi) is 5.06. The third-order valence-corrected chi connectivity index (χ3v) is 10.6. The Hall–Kier alpha value is -1.52. The summed E-state index contributed by atoms with van der Waals surface area (Å²) >= 11 is 3.38. The van der Waals surface area contributed by atoms with E-state index in [1.807, 2.05) is 0 Å². The summed E-state index contributed by atoms with van der Waals surface area (Å²) in [5.41, 5.74) is -0.0349. The Labute approximate surface area is 184 Å². The van der Waals surface area contributed by atoms with E-state index in [1.54, 1.807) is 0 Å². The van der Waals surface area contributed by atoms with Gasteiger partial charge in [0.25, 0.3) is 11.6 Å². The second kappa shape index (κ2) is 7.00. The molecule has 164 valence electrons. The van der Waals surface area contributed by atoms with Crippen molar-refractivity contribution in [1.82, 2.24) is 4.31 Å². The molecule has 2 bridgehead atoms. The van der Waals surface area contributed by atoms with E-state index in [0.29, 0.717) is 17.9 Å². The molecule has 0 unspecified atom stereocenters. The van der Waals surface area contributed by atoms with Crippen LogP contribution in [0, 0.1) is 26.9 Å². The highest BCUT2D eigenvalue weighted by Crippen LogP contribution is 2.70. The predicted molar refractivity (Wildman–Crippen MR) is 114 cm³/mol. The largest absolute Gasteiger partial charge is 0.375 e. The summed E-state index contributed by atoms with van der Waals surface area (Å²) in [5, 5.41) is 10.9. The minimum atomic E-state index is -3.74. The maximum Gasteiger partial charge on any atom is 0.269 e. The summed E-state index contributed by atoms with van der Waals surface area (Å²) < 4.78 is 32.9. The maximum absolute atomic E-state index is 13.4. The van der Waals surface area contributed by atoms with Gasteiger partial charge in [-0.25, -0.2) is 12.7 Å². The molecule has 1 heterocycles. The third-order valence-electron chi connectivity index (χ3n) is 7.82. The second-order valence-corrected chi connectivity index (χ2v) is 12.0. The van der Waals surface area contributed by atoms with Gasteiger partial charge in [0.15, 0.2) is 0 Å². The van der Waals surface area contributed by atoms with E-state index >= 15 is 0 Å². The lowest BCUT2D eigenvalue weighted by Gasteiger charge is -2.37. The van der Waals surface area contributed by atoms with Crippen molar-refractivity contribution < 1.29 is 22.9 Å². The number of rotatable bonds is 5. The number of carbonyl (C=O) groups excluding carboxylic acids is 1. The molecule has 1 aromatic rings. The van der Waals surface area contributed by atoms with E-state index in [-0.39, 0.29) is 22.9 Å². The smallest absolute Gasteiger partial charge is 0.269 e. The first-order valence-electron chi connectivity index (χ1n) is 9.93. The number of nitro benzene ring substituents is 1. The Morgan fingerprint density at radius 3 is 2.50 bits per heavy atom. The van der Waals surface area contributed by atoms with Crippen LogP contribution in [-0.2, 0) is 19.6 Å². The zero-order chi connectivity index (χ0) is 22.1. The number of alkyl halides is 1. The van der Waals surface area contributed by atoms with Crippen molar-refractivity contribution in [2.45, 2.75) is 50.1 Å². The van der Waals surface area contributed by atoms with Gasteiger partial charge in [0.2, 0.25) is 10.0 Å². The number of halogens is 1. The number of sulfonamides is 1. The van der Waals surface area contributed by atoms with Crippen molar-refractivity contribution in [2.24, 2.45) is 16.7 Å². The quantitative estimate of drug-likeness (QED) is 0.348. The van der Waals surface area contributed by atoms with Crippen LogP contribution in [0.2, 0.25) is 0 Å². The fourth-order valence-electron chi connectivity index (χ4n) is 6.04. The molecule has 1 saturated heterocycles. The van der Waals surface area contributed by atoms with Crippen molar-refractivity contribution in [3.05, 3.63) is 39.9 Å². The normalized spacial score (nSPS) is 32.6. The topological polar surface area (TPSA) is 107 Å². The molecule has 8 nitrogen and oxygen atoms in total. The molecular formula is C20H25BrN2O6S. The number of nitrogens with zero attached hydrogens (tertiary/aromatic N) is 2. The monoisotopic (exact) mass is 500 g/mol. The summed E-state index contributed by atoms with van der Waals surface area (Å²) in [7, 11) is -2.31. The minimum absolute atomic E-state index is 0.00874. The minimum Gasteiger partial charge on any atom is -0.375 e. The molecule has 1 spiro atoms. The third kappa shape index (κ3) is 2.86. The number of benzene rings is 1. The molecule has 30 heavy (non-hydrogen) atoms. The van der Waals surface area contributed by atoms with Crippen LogP contribution < -0.4 is 0 Å². The zero-order valence-corrected chi connectivity index (χ0v) is 19.5. The van der Waals surface area contributed by atoms with Gasteiger partial charge in [-0.3, -0.25) is 14.9 Å². The number of methoxy groups -OCH3 is 1. The van der Waals surface area contributed by atoms with Gasteiger partial charge >= 0.3 is 0 Å². The molecule has 2 saturated carbocycles. The van der Waals surface area contributed by atoms with Crippen LogP contribution >= 0.6 is 15.9 Å². The molecule has 4 rings (SSSR count). The summed E-state index contributed by atoms with van der Waals surface area (Å²) in [6, 6.07) is 5.40. The van der Waals surface area contributed by atoms with Crippen LogP contribution in [0.5, 0.6) is 0 Å². The van der Waals surface area contributed by atoms with Crippen LogP contribution in [0.25, 0.3) is 0 Å². The second-order valence-electron chi connectivity index (χ2n) is 9.16. The molecular weight excluding hydrogens is 476 g/mol. The van der Waals surface area contributed by atoms with Gasteiger partial charge in [0, 0.05) is 24.7 Å². The first-order chi connectivity index (χ1) is 14.0. The highest BCUT2D eigenvalue weighted by atomic mass is 79.9. The maximum atomic E-state index is 13.4. The zero-order valence-electron chi connectivity index (χ0n) is 17.1. The van der Waals surface area contributed by atoms with Gasteiger partial charge in [0.1, 0.15) is 10.9 Å². The van der Waals surface area contributed by atoms with Gasteiger partial charge in [-0.1, -0.05) is 29.8 Å². The first-order valence-corrected chi connectivity index (χ1v) is 12.5. The summed E-state index contributed by atoms with van der Waals surface area (Å²) in [6.07, 6.45) is 1.74. The predicted octanol–water partition coefficient (Wildman–Crippen LogP) is 3.41. The first kappa shape index (κ1) is 21.7. The van der Waals surface area contributed by atoms with E-state index in [9.17, 15) is 23.3 Å². The molecule has 2 aliphatic carbocycles. The number of ether oxygens (including phenoxy) is 1. The number of hydrogen-bond acceptors (Lipinski definition) is 6. The number of fused-ring (bicyclic) bond motifs is 1. The summed E-state index contributed by atoms with van der Waals surface area (Å²) in [4.78, 5) is 22.9. The van der Waals surface area contributed by atoms with Crippen LogP contribution in [0.1, 0.15) is 44.8 Å². The Bertz CT molecular complexity index is 995. The molecule has 0 radical (unpaired) electrons. The molecule has 0 aromatic heterocycles. The van der Waals surface area contributed by atoms with E-state index < -0.39 is 37.2 Å². The van der Waals surface area contributed by atoms with Crippen LogP contribution in [0.4, 0.5) is 5.69 Å². The lowest BCUT2D eigenvalue weighted by atomic mass is 9.69. The summed E-state index contributed by atoms with van der Waals surface area (Å²) in [6.45, 7) is 4.27. The van der Waals surface area contributed by atoms with Gasteiger partial charge < -0.3 is 4.74 Å². The average Bonchev–Trinajstić information content (AvgIpc) is 3.16. The summed E-state index contributed by atoms with van der Waals surface area (Å²) in [5.74, 6) is -0.116. The van der Waals surface area contributed by atoms with Gasteiger partial charge in [-0.15, -0.1) is 0 Å². The number of carbonyl (C=O) groups is 1. The van der Waals surface area contributed by atoms with Gasteiger partial charge in [-0.05, 0) is 48.3 Å². The fourth-order valence-corrected chi connectivity index (χ4v) is 9.48. The molecule has 1 amide bonds. The number of nitro groups is 1. The van der Waals surface area contributed by atoms with Crippen molar-refractivity contribution in [3.63, 3.8) is 0 Å². The highest BCUT2D eigenvalue weighted by Gasteiger charge is 2.72. The number of amides is 1. The number of non-ortho nitro benzene ring substituents is 1. The molecule has 3 aliphatic rings. The Balaban J connectivity index is 1.64. The van der Waals surface area contributed by atoms with Gasteiger partial charge in [0.05, 0.1) is 16.7 Å². The number of hydrogen-bond donors (Lipinski definition) is 0. The highest BCUT2D eigenvalue weighted by molar-refractivity contribution is 9.10. The standard InChI is InChI=1S/C20H25BrN2O6S/c1-19(2)13-8-9-20(19)11-30(27,28)22(15(20)10-13)18(24)16(21)17(29-3)12-4-6-14(7-5-12)23(25)26/h4-7,13,15-17H,8-11H2,1-3H3/t13-,15-,16-,17-,20-/m1/s1. The molecule has 3 fully saturated rings. The Morgan fingerprint density at radius 2 is 1.97 bits per heavy atom. The Morgan fingerprint density at radius 1 is 1.33 bits per heavy atom. The van der Waals surface area contributed by atoms with E-state index in [0.717, 1.165) is 17.1 Å². The van der Waals surface area contributed by atoms with Crippen LogP contribution in [0.15, 0.2) is 24.3 Å². The van der Waals surface area contributed by atoms with E-state index in [4.69, 9.17) is 4.74 Å².